The summed E-state index contributed by atoms with van der Waals surface area (Å²) in [4.78, 5) is 25.5. The number of carbonyl (C=O) groups is 2. The van der Waals surface area contributed by atoms with Gasteiger partial charge in [-0.2, -0.15) is 5.10 Å². The van der Waals surface area contributed by atoms with Crippen molar-refractivity contribution >= 4 is 29.2 Å². The van der Waals surface area contributed by atoms with E-state index in [1.54, 1.807) is 17.4 Å². The van der Waals surface area contributed by atoms with E-state index in [9.17, 15) is 9.59 Å². The molecular formula is C25H28N4O2S. The highest BCUT2D eigenvalue weighted by molar-refractivity contribution is 7.13. The predicted octanol–water partition coefficient (Wildman–Crippen LogP) is 4.24. The molecule has 1 saturated carbocycles. The Labute approximate surface area is 192 Å². The lowest BCUT2D eigenvalue weighted by atomic mass is 9.95. The molecule has 1 fully saturated rings. The van der Waals surface area contributed by atoms with Gasteiger partial charge in [0.25, 0.3) is 0 Å². The molecule has 1 aromatic carbocycles. The molecule has 32 heavy (non-hydrogen) atoms. The highest BCUT2D eigenvalue weighted by Crippen LogP contribution is 2.27. The van der Waals surface area contributed by atoms with Gasteiger partial charge in [0, 0.05) is 23.9 Å². The number of benzene rings is 1. The van der Waals surface area contributed by atoms with Gasteiger partial charge in [-0.1, -0.05) is 55.7 Å². The molecule has 2 amide bonds. The molecule has 1 aliphatic carbocycles. The summed E-state index contributed by atoms with van der Waals surface area (Å²) in [5.41, 5.74) is 2.87. The number of rotatable bonds is 8. The van der Waals surface area contributed by atoms with Gasteiger partial charge in [-0.3, -0.25) is 14.3 Å². The molecule has 0 bridgehead atoms. The van der Waals surface area contributed by atoms with Crippen LogP contribution in [0, 0.1) is 0 Å². The zero-order chi connectivity index (χ0) is 22.2. The standard InChI is InChI=1S/C25H28N4O2S/c30-23(26-16-24(31)27-21-10-5-2-6-11-21)14-13-20-18-29(17-19-8-3-1-4-9-19)28-25(20)22-12-7-15-32-22/h1,3-4,7-9,12-15,18,21H,2,5-6,10-11,16-17H2,(H,26,30)(H,27,31)/b14-13+. The van der Waals surface area contributed by atoms with Crippen LogP contribution < -0.4 is 10.6 Å². The fourth-order valence-electron chi connectivity index (χ4n) is 3.93. The van der Waals surface area contributed by atoms with Crippen LogP contribution in [-0.4, -0.2) is 34.2 Å². The van der Waals surface area contributed by atoms with Gasteiger partial charge in [0.1, 0.15) is 5.69 Å². The summed E-state index contributed by atoms with van der Waals surface area (Å²) in [6, 6.07) is 14.4. The Bertz CT molecular complexity index is 1050. The molecule has 4 rings (SSSR count). The van der Waals surface area contributed by atoms with Gasteiger partial charge in [-0.05, 0) is 35.9 Å². The molecule has 2 aromatic heterocycles. The van der Waals surface area contributed by atoms with Crippen molar-refractivity contribution in [2.45, 2.75) is 44.7 Å². The number of carbonyl (C=O) groups excluding carboxylic acids is 2. The smallest absolute Gasteiger partial charge is 0.244 e. The van der Waals surface area contributed by atoms with Gasteiger partial charge in [-0.15, -0.1) is 11.3 Å². The first-order chi connectivity index (χ1) is 15.7. The molecule has 1 aliphatic rings. The second kappa shape index (κ2) is 10.9. The second-order valence-corrected chi connectivity index (χ2v) is 8.99. The van der Waals surface area contributed by atoms with Gasteiger partial charge in [0.15, 0.2) is 0 Å². The summed E-state index contributed by atoms with van der Waals surface area (Å²) >= 11 is 1.61. The highest BCUT2D eigenvalue weighted by atomic mass is 32.1. The third-order valence-electron chi connectivity index (χ3n) is 5.54. The van der Waals surface area contributed by atoms with Crippen LogP contribution in [0.15, 0.2) is 60.1 Å². The summed E-state index contributed by atoms with van der Waals surface area (Å²) in [5, 5.41) is 12.4. The average Bonchev–Trinajstić information content (AvgIpc) is 3.47. The monoisotopic (exact) mass is 448 g/mol. The molecule has 0 unspecified atom stereocenters. The Morgan fingerprint density at radius 1 is 1.09 bits per heavy atom. The minimum Gasteiger partial charge on any atom is -0.352 e. The first-order valence-electron chi connectivity index (χ1n) is 11.1. The number of hydrogen-bond donors (Lipinski definition) is 2. The number of hydrogen-bond acceptors (Lipinski definition) is 4. The van der Waals surface area contributed by atoms with E-state index >= 15 is 0 Å². The van der Waals surface area contributed by atoms with Gasteiger partial charge in [-0.25, -0.2) is 0 Å². The van der Waals surface area contributed by atoms with Gasteiger partial charge >= 0.3 is 0 Å². The maximum atomic E-state index is 12.3. The molecule has 2 heterocycles. The number of thiophene rings is 1. The highest BCUT2D eigenvalue weighted by Gasteiger charge is 2.16. The Kier molecular flexibility index (Phi) is 7.51. The van der Waals surface area contributed by atoms with E-state index in [4.69, 9.17) is 5.10 Å². The van der Waals surface area contributed by atoms with E-state index in [2.05, 4.69) is 22.8 Å². The van der Waals surface area contributed by atoms with Crippen molar-refractivity contribution in [3.8, 4) is 10.6 Å². The quantitative estimate of drug-likeness (QED) is 0.506. The van der Waals surface area contributed by atoms with Crippen molar-refractivity contribution in [1.29, 1.82) is 0 Å². The SMILES string of the molecule is O=C(/C=C/c1cn(Cc2ccccc2)nc1-c1cccs1)NCC(=O)NC1CCCCC1. The fraction of sp³-hybridized carbons (Fsp3) is 0.320. The van der Waals surface area contributed by atoms with Crippen molar-refractivity contribution in [2.75, 3.05) is 6.54 Å². The van der Waals surface area contributed by atoms with E-state index in [1.807, 2.05) is 46.6 Å². The van der Waals surface area contributed by atoms with Crippen LogP contribution in [0.5, 0.6) is 0 Å². The van der Waals surface area contributed by atoms with Crippen LogP contribution in [0.2, 0.25) is 0 Å². The lowest BCUT2D eigenvalue weighted by Gasteiger charge is -2.22. The lowest BCUT2D eigenvalue weighted by molar-refractivity contribution is -0.124. The van der Waals surface area contributed by atoms with Crippen molar-refractivity contribution in [1.82, 2.24) is 20.4 Å². The molecule has 2 N–H and O–H groups in total. The summed E-state index contributed by atoms with van der Waals surface area (Å²) in [6.45, 7) is 0.644. The van der Waals surface area contributed by atoms with E-state index < -0.39 is 0 Å². The summed E-state index contributed by atoms with van der Waals surface area (Å²) < 4.78 is 1.89. The first-order valence-corrected chi connectivity index (χ1v) is 12.0. The van der Waals surface area contributed by atoms with Gasteiger partial charge < -0.3 is 10.6 Å². The van der Waals surface area contributed by atoms with Crippen LogP contribution in [0.3, 0.4) is 0 Å². The summed E-state index contributed by atoms with van der Waals surface area (Å²) in [7, 11) is 0. The average molecular weight is 449 g/mol. The first kappa shape index (κ1) is 22.0. The number of nitrogens with one attached hydrogen (secondary N) is 2. The molecular weight excluding hydrogens is 420 g/mol. The molecule has 0 spiro atoms. The zero-order valence-corrected chi connectivity index (χ0v) is 18.8. The van der Waals surface area contributed by atoms with Crippen molar-refractivity contribution < 1.29 is 9.59 Å². The van der Waals surface area contributed by atoms with Gasteiger partial charge in [0.05, 0.1) is 18.0 Å². The summed E-state index contributed by atoms with van der Waals surface area (Å²) in [5.74, 6) is -0.426. The Balaban J connectivity index is 1.38. The van der Waals surface area contributed by atoms with Crippen molar-refractivity contribution in [3.63, 3.8) is 0 Å². The fourth-order valence-corrected chi connectivity index (χ4v) is 4.66. The van der Waals surface area contributed by atoms with E-state index in [1.165, 1.54) is 12.5 Å². The topological polar surface area (TPSA) is 76.0 Å². The normalized spacial score (nSPS) is 14.5. The number of nitrogens with zero attached hydrogens (tertiary/aromatic N) is 2. The maximum absolute atomic E-state index is 12.3. The van der Waals surface area contributed by atoms with E-state index in [-0.39, 0.29) is 24.4 Å². The van der Waals surface area contributed by atoms with Gasteiger partial charge in [0.2, 0.25) is 11.8 Å². The number of amides is 2. The molecule has 0 aliphatic heterocycles. The van der Waals surface area contributed by atoms with Crippen LogP contribution in [-0.2, 0) is 16.1 Å². The van der Waals surface area contributed by atoms with Crippen LogP contribution in [0.4, 0.5) is 0 Å². The molecule has 7 heteroatoms. The number of aromatic nitrogens is 2. The lowest BCUT2D eigenvalue weighted by Crippen LogP contribution is -2.42. The predicted molar refractivity (Wildman–Crippen MR) is 128 cm³/mol. The molecule has 166 valence electrons. The largest absolute Gasteiger partial charge is 0.352 e. The Hall–Kier alpha value is -3.19. The zero-order valence-electron chi connectivity index (χ0n) is 18.0. The molecule has 0 radical (unpaired) electrons. The third kappa shape index (κ3) is 6.17. The Morgan fingerprint density at radius 2 is 1.91 bits per heavy atom. The second-order valence-electron chi connectivity index (χ2n) is 8.05. The van der Waals surface area contributed by atoms with E-state index in [0.29, 0.717) is 6.54 Å². The van der Waals surface area contributed by atoms with Crippen molar-refractivity contribution in [2.24, 2.45) is 0 Å². The van der Waals surface area contributed by atoms with Crippen LogP contribution in [0.1, 0.15) is 43.2 Å². The minimum atomic E-state index is -0.295. The minimum absolute atomic E-state index is 0.00920. The van der Waals surface area contributed by atoms with Crippen molar-refractivity contribution in [3.05, 3.63) is 71.2 Å². The maximum Gasteiger partial charge on any atom is 0.244 e. The van der Waals surface area contributed by atoms with E-state index in [0.717, 1.165) is 47.4 Å². The molecule has 3 aromatic rings. The molecule has 0 saturated heterocycles. The van der Waals surface area contributed by atoms with Crippen LogP contribution >= 0.6 is 11.3 Å². The third-order valence-corrected chi connectivity index (χ3v) is 6.42. The van der Waals surface area contributed by atoms with Crippen LogP contribution in [0.25, 0.3) is 16.6 Å². The molecule has 6 nitrogen and oxygen atoms in total. The summed E-state index contributed by atoms with van der Waals surface area (Å²) in [6.07, 6.45) is 10.8. The molecule has 0 atom stereocenters. The Morgan fingerprint density at radius 3 is 2.66 bits per heavy atom.